The summed E-state index contributed by atoms with van der Waals surface area (Å²) in [7, 11) is 1.58. The number of carboxylic acid groups (broad SMARTS) is 1. The lowest BCUT2D eigenvalue weighted by molar-refractivity contribution is -0.139. The Morgan fingerprint density at radius 2 is 1.95 bits per heavy atom. The minimum atomic E-state index is -1.05. The highest BCUT2D eigenvalue weighted by Gasteiger charge is 2.10. The second-order valence-corrected chi connectivity index (χ2v) is 4.37. The Morgan fingerprint density at radius 3 is 2.45 bits per heavy atom. The number of carbonyl (C=O) groups excluding carboxylic acids is 1. The van der Waals surface area contributed by atoms with Crippen LogP contribution in [0.4, 0.5) is 10.5 Å². The number of urea groups is 1. The van der Waals surface area contributed by atoms with E-state index in [1.54, 1.807) is 38.2 Å². The van der Waals surface area contributed by atoms with E-state index in [2.05, 4.69) is 5.32 Å². The Kier molecular flexibility index (Phi) is 5.79. The van der Waals surface area contributed by atoms with Gasteiger partial charge in [-0.15, -0.1) is 0 Å². The average molecular weight is 282 g/mol. The van der Waals surface area contributed by atoms with E-state index >= 15 is 0 Å². The molecule has 1 unspecified atom stereocenters. The number of ether oxygens (including phenoxy) is 1. The number of anilines is 1. The summed E-state index contributed by atoms with van der Waals surface area (Å²) in [5.41, 5.74) is 0.551. The fourth-order valence-corrected chi connectivity index (χ4v) is 1.48. The lowest BCUT2D eigenvalue weighted by Gasteiger charge is -2.19. The molecule has 7 heteroatoms. The van der Waals surface area contributed by atoms with Crippen molar-refractivity contribution in [1.82, 2.24) is 4.90 Å². The summed E-state index contributed by atoms with van der Waals surface area (Å²) in [4.78, 5) is 23.4. The van der Waals surface area contributed by atoms with Crippen molar-refractivity contribution in [3.8, 4) is 5.75 Å². The van der Waals surface area contributed by atoms with Crippen LogP contribution in [0.3, 0.4) is 0 Å². The first kappa shape index (κ1) is 15.8. The molecule has 110 valence electrons. The van der Waals surface area contributed by atoms with Crippen LogP contribution in [0.1, 0.15) is 6.92 Å². The summed E-state index contributed by atoms with van der Waals surface area (Å²) < 4.78 is 4.97. The molecule has 1 atom stereocenters. The van der Waals surface area contributed by atoms with Crippen LogP contribution in [0.15, 0.2) is 24.3 Å². The predicted octanol–water partition coefficient (Wildman–Crippen LogP) is 0.995. The van der Waals surface area contributed by atoms with E-state index in [9.17, 15) is 14.7 Å². The molecule has 3 N–H and O–H groups in total. The maximum absolute atomic E-state index is 11.7. The molecule has 1 rings (SSSR count). The molecule has 20 heavy (non-hydrogen) atoms. The number of aliphatic hydroxyl groups is 1. The predicted molar refractivity (Wildman–Crippen MR) is 72.9 cm³/mol. The van der Waals surface area contributed by atoms with Gasteiger partial charge in [-0.2, -0.15) is 0 Å². The number of nitrogens with zero attached hydrogens (tertiary/aromatic N) is 1. The maximum atomic E-state index is 11.7. The minimum Gasteiger partial charge on any atom is -0.482 e. The molecule has 7 nitrogen and oxygen atoms in total. The molecule has 0 aliphatic carbocycles. The van der Waals surface area contributed by atoms with E-state index in [1.807, 2.05) is 0 Å². The molecule has 0 aliphatic rings. The first-order chi connectivity index (χ1) is 9.38. The molecule has 0 heterocycles. The van der Waals surface area contributed by atoms with Crippen molar-refractivity contribution in [2.45, 2.75) is 13.0 Å². The zero-order valence-electron chi connectivity index (χ0n) is 11.4. The number of hydrogen-bond donors (Lipinski definition) is 3. The van der Waals surface area contributed by atoms with E-state index < -0.39 is 18.7 Å². The van der Waals surface area contributed by atoms with Gasteiger partial charge in [-0.25, -0.2) is 9.59 Å². The van der Waals surface area contributed by atoms with Gasteiger partial charge in [0.15, 0.2) is 6.61 Å². The molecule has 0 bridgehead atoms. The molecule has 0 aliphatic heterocycles. The second-order valence-electron chi connectivity index (χ2n) is 4.37. The van der Waals surface area contributed by atoms with Gasteiger partial charge in [0.2, 0.25) is 0 Å². The zero-order valence-corrected chi connectivity index (χ0v) is 11.4. The fourth-order valence-electron chi connectivity index (χ4n) is 1.48. The third kappa shape index (κ3) is 5.57. The lowest BCUT2D eigenvalue weighted by atomic mass is 10.3. The topological polar surface area (TPSA) is 99.1 Å². The van der Waals surface area contributed by atoms with Crippen LogP contribution in [0, 0.1) is 0 Å². The van der Waals surface area contributed by atoms with Gasteiger partial charge in [0.05, 0.1) is 6.10 Å². The Bertz CT molecular complexity index is 458. The number of rotatable bonds is 6. The van der Waals surface area contributed by atoms with Crippen LogP contribution in [-0.4, -0.2) is 53.4 Å². The van der Waals surface area contributed by atoms with Crippen LogP contribution < -0.4 is 10.1 Å². The maximum Gasteiger partial charge on any atom is 0.341 e. The number of nitrogens with one attached hydrogen (secondary N) is 1. The van der Waals surface area contributed by atoms with E-state index in [0.717, 1.165) is 0 Å². The Labute approximate surface area is 116 Å². The summed E-state index contributed by atoms with van der Waals surface area (Å²) in [6.45, 7) is 1.41. The van der Waals surface area contributed by atoms with E-state index in [-0.39, 0.29) is 12.6 Å². The van der Waals surface area contributed by atoms with Gasteiger partial charge in [0.25, 0.3) is 0 Å². The summed E-state index contributed by atoms with van der Waals surface area (Å²) >= 11 is 0. The van der Waals surface area contributed by atoms with Crippen molar-refractivity contribution in [1.29, 1.82) is 0 Å². The third-order valence-corrected chi connectivity index (χ3v) is 2.35. The molecule has 0 saturated heterocycles. The first-order valence-corrected chi connectivity index (χ1v) is 6.03. The number of carboxylic acids is 1. The van der Waals surface area contributed by atoms with E-state index in [0.29, 0.717) is 11.4 Å². The molecule has 1 aromatic rings. The number of benzene rings is 1. The monoisotopic (exact) mass is 282 g/mol. The summed E-state index contributed by atoms with van der Waals surface area (Å²) in [5.74, 6) is -0.648. The number of hydrogen-bond acceptors (Lipinski definition) is 4. The van der Waals surface area contributed by atoms with Gasteiger partial charge in [-0.3, -0.25) is 0 Å². The van der Waals surface area contributed by atoms with E-state index in [4.69, 9.17) is 9.84 Å². The number of likely N-dealkylation sites (N-methyl/N-ethyl adjacent to an activating group) is 1. The van der Waals surface area contributed by atoms with Crippen molar-refractivity contribution in [3.63, 3.8) is 0 Å². The number of aliphatic hydroxyl groups excluding tert-OH is 1. The molecular weight excluding hydrogens is 264 g/mol. The van der Waals surface area contributed by atoms with Gasteiger partial charge >= 0.3 is 12.0 Å². The van der Waals surface area contributed by atoms with Crippen molar-refractivity contribution in [2.24, 2.45) is 0 Å². The Balaban J connectivity index is 2.52. The highest BCUT2D eigenvalue weighted by atomic mass is 16.5. The van der Waals surface area contributed by atoms with Crippen LogP contribution in [0.5, 0.6) is 5.75 Å². The molecule has 0 aromatic heterocycles. The SMILES string of the molecule is CC(O)CN(C)C(=O)Nc1ccc(OCC(=O)O)cc1. The minimum absolute atomic E-state index is 0.228. The molecule has 0 radical (unpaired) electrons. The van der Waals surface area contributed by atoms with Crippen LogP contribution in [0.25, 0.3) is 0 Å². The highest BCUT2D eigenvalue weighted by Crippen LogP contribution is 2.15. The van der Waals surface area contributed by atoms with Crippen LogP contribution >= 0.6 is 0 Å². The van der Waals surface area contributed by atoms with Crippen LogP contribution in [-0.2, 0) is 4.79 Å². The number of carbonyl (C=O) groups is 2. The lowest BCUT2D eigenvalue weighted by Crippen LogP contribution is -2.36. The van der Waals surface area contributed by atoms with Crippen molar-refractivity contribution >= 4 is 17.7 Å². The largest absolute Gasteiger partial charge is 0.482 e. The molecule has 0 fully saturated rings. The van der Waals surface area contributed by atoms with Crippen molar-refractivity contribution in [3.05, 3.63) is 24.3 Å². The Morgan fingerprint density at radius 1 is 1.35 bits per heavy atom. The van der Waals surface area contributed by atoms with Gasteiger partial charge in [0, 0.05) is 19.3 Å². The van der Waals surface area contributed by atoms with Gasteiger partial charge in [0.1, 0.15) is 5.75 Å². The zero-order chi connectivity index (χ0) is 15.1. The fraction of sp³-hybridized carbons (Fsp3) is 0.385. The summed E-state index contributed by atoms with van der Waals surface area (Å²) in [6, 6.07) is 5.99. The molecule has 0 spiro atoms. The normalized spacial score (nSPS) is 11.6. The molecular formula is C13H18N2O5. The number of amides is 2. The molecule has 0 saturated carbocycles. The smallest absolute Gasteiger partial charge is 0.341 e. The summed E-state index contributed by atoms with van der Waals surface area (Å²) in [6.07, 6.45) is -0.599. The van der Waals surface area contributed by atoms with Gasteiger partial charge < -0.3 is 25.2 Å². The van der Waals surface area contributed by atoms with Gasteiger partial charge in [-0.1, -0.05) is 0 Å². The first-order valence-electron chi connectivity index (χ1n) is 6.03. The summed E-state index contributed by atoms with van der Waals surface area (Å²) in [5, 5.41) is 20.3. The Hall–Kier alpha value is -2.28. The number of aliphatic carboxylic acids is 1. The average Bonchev–Trinajstić information content (AvgIpc) is 2.37. The quantitative estimate of drug-likeness (QED) is 0.722. The standard InChI is InChI=1S/C13H18N2O5/c1-9(16)7-15(2)13(19)14-10-3-5-11(6-4-10)20-8-12(17)18/h3-6,9,16H,7-8H2,1-2H3,(H,14,19)(H,17,18). The van der Waals surface area contributed by atoms with Crippen molar-refractivity contribution < 1.29 is 24.5 Å². The van der Waals surface area contributed by atoms with E-state index in [1.165, 1.54) is 4.90 Å². The molecule has 1 aromatic carbocycles. The second kappa shape index (κ2) is 7.34. The third-order valence-electron chi connectivity index (χ3n) is 2.35. The van der Waals surface area contributed by atoms with Gasteiger partial charge in [-0.05, 0) is 31.2 Å². The highest BCUT2D eigenvalue weighted by molar-refractivity contribution is 5.89. The van der Waals surface area contributed by atoms with Crippen LogP contribution in [0.2, 0.25) is 0 Å². The molecule has 2 amide bonds. The van der Waals surface area contributed by atoms with Crippen molar-refractivity contribution in [2.75, 3.05) is 25.5 Å².